The Kier molecular flexibility index (Phi) is 2.85. The molecule has 0 radical (unpaired) electrons. The fourth-order valence-electron chi connectivity index (χ4n) is 3.71. The molecule has 0 spiro atoms. The van der Waals surface area contributed by atoms with E-state index in [1.807, 2.05) is 12.1 Å². The number of carbonyl (C=O) groups excluding carboxylic acids is 1. The molecule has 0 unspecified atom stereocenters. The third-order valence-electron chi connectivity index (χ3n) is 4.63. The van der Waals surface area contributed by atoms with Gasteiger partial charge in [-0.05, 0) is 29.5 Å². The number of Topliss-reactive ketones (excluding diaryl/α,β-unsaturated/α-hetero) is 1. The highest BCUT2D eigenvalue weighted by Crippen LogP contribution is 2.47. The van der Waals surface area contributed by atoms with Gasteiger partial charge < -0.3 is 5.32 Å². The number of allylic oxidation sites excluding steroid dienone is 2. The maximum atomic E-state index is 12.8. The molecule has 3 heterocycles. The van der Waals surface area contributed by atoms with E-state index in [1.54, 1.807) is 12.4 Å². The lowest BCUT2D eigenvalue weighted by molar-refractivity contribution is -0.118. The summed E-state index contributed by atoms with van der Waals surface area (Å²) in [6.07, 6.45) is 4.65. The number of nitrogens with zero attached hydrogens (tertiary/aromatic N) is 1. The van der Waals surface area contributed by atoms with Gasteiger partial charge in [0.2, 0.25) is 0 Å². The van der Waals surface area contributed by atoms with Crippen molar-refractivity contribution < 1.29 is 4.79 Å². The van der Waals surface area contributed by atoms with Crippen molar-refractivity contribution >= 4 is 11.6 Å². The van der Waals surface area contributed by atoms with Gasteiger partial charge in [-0.2, -0.15) is 0 Å². The molecule has 0 saturated heterocycles. The fraction of sp³-hybridized carbons (Fsp3) is 0.353. The third kappa shape index (κ3) is 2.13. The van der Waals surface area contributed by atoms with Gasteiger partial charge in [0.25, 0.3) is 5.56 Å². The van der Waals surface area contributed by atoms with Crippen LogP contribution in [0, 0.1) is 5.41 Å². The maximum Gasteiger partial charge on any atom is 0.270 e. The van der Waals surface area contributed by atoms with Gasteiger partial charge in [0.05, 0.1) is 5.56 Å². The highest BCUT2D eigenvalue weighted by Gasteiger charge is 2.42. The van der Waals surface area contributed by atoms with Crippen LogP contribution in [0.2, 0.25) is 0 Å². The quantitative estimate of drug-likeness (QED) is 0.754. The van der Waals surface area contributed by atoms with Gasteiger partial charge in [-0.15, -0.1) is 0 Å². The minimum absolute atomic E-state index is 0.0835. The first-order chi connectivity index (χ1) is 11.0. The summed E-state index contributed by atoms with van der Waals surface area (Å²) in [4.78, 5) is 29.2. The Bertz CT molecular complexity index is 873. The first kappa shape index (κ1) is 14.0. The number of hydrogen-bond donors (Lipinski definition) is 3. The third-order valence-corrected chi connectivity index (χ3v) is 4.63. The van der Waals surface area contributed by atoms with Crippen molar-refractivity contribution in [2.24, 2.45) is 5.41 Å². The van der Waals surface area contributed by atoms with Crippen molar-refractivity contribution in [1.82, 2.24) is 15.2 Å². The Hall–Kier alpha value is -2.63. The monoisotopic (exact) mass is 310 g/mol. The molecule has 2 aromatic rings. The van der Waals surface area contributed by atoms with Crippen molar-refractivity contribution in [3.05, 3.63) is 57.3 Å². The molecule has 6 nitrogen and oxygen atoms in total. The first-order valence-electron chi connectivity index (χ1n) is 7.70. The van der Waals surface area contributed by atoms with E-state index in [4.69, 9.17) is 0 Å². The summed E-state index contributed by atoms with van der Waals surface area (Å²) in [5.74, 6) is 0.417. The molecule has 6 heteroatoms. The lowest BCUT2D eigenvalue weighted by Crippen LogP contribution is -2.34. The summed E-state index contributed by atoms with van der Waals surface area (Å²) in [5.41, 5.74) is 2.83. The van der Waals surface area contributed by atoms with Crippen molar-refractivity contribution in [3.63, 3.8) is 0 Å². The molecule has 1 atom stereocenters. The second-order valence-corrected chi connectivity index (χ2v) is 7.04. The Morgan fingerprint density at radius 1 is 1.13 bits per heavy atom. The number of ketones is 1. The molecule has 23 heavy (non-hydrogen) atoms. The summed E-state index contributed by atoms with van der Waals surface area (Å²) >= 11 is 0. The minimum atomic E-state index is -0.345. The van der Waals surface area contributed by atoms with Gasteiger partial charge in [0, 0.05) is 36.0 Å². The van der Waals surface area contributed by atoms with Crippen LogP contribution >= 0.6 is 0 Å². The second kappa shape index (κ2) is 4.68. The highest BCUT2D eigenvalue weighted by atomic mass is 16.1. The summed E-state index contributed by atoms with van der Waals surface area (Å²) in [7, 11) is 0. The Morgan fingerprint density at radius 3 is 2.61 bits per heavy atom. The Morgan fingerprint density at radius 2 is 1.87 bits per heavy atom. The molecule has 2 aromatic heterocycles. The molecular formula is C17H18N4O2. The van der Waals surface area contributed by atoms with Gasteiger partial charge in [-0.3, -0.25) is 24.8 Å². The van der Waals surface area contributed by atoms with Crippen LogP contribution in [-0.4, -0.2) is 21.0 Å². The van der Waals surface area contributed by atoms with Gasteiger partial charge in [0.15, 0.2) is 5.78 Å². The van der Waals surface area contributed by atoms with Crippen LogP contribution in [0.4, 0.5) is 5.82 Å². The average molecular weight is 310 g/mol. The number of fused-ring (bicyclic) bond motifs is 1. The summed E-state index contributed by atoms with van der Waals surface area (Å²) in [6, 6.07) is 3.73. The van der Waals surface area contributed by atoms with Gasteiger partial charge >= 0.3 is 0 Å². The average Bonchev–Trinajstić information content (AvgIpc) is 2.86. The lowest BCUT2D eigenvalue weighted by Gasteiger charge is -2.37. The summed E-state index contributed by atoms with van der Waals surface area (Å²) in [5, 5.41) is 8.78. The normalized spacial score (nSPS) is 22.3. The second-order valence-electron chi connectivity index (χ2n) is 7.04. The molecule has 1 aliphatic carbocycles. The van der Waals surface area contributed by atoms with Gasteiger partial charge in [-0.25, -0.2) is 0 Å². The van der Waals surface area contributed by atoms with E-state index >= 15 is 0 Å². The lowest BCUT2D eigenvalue weighted by atomic mass is 9.69. The summed E-state index contributed by atoms with van der Waals surface area (Å²) in [6.45, 7) is 4.18. The van der Waals surface area contributed by atoms with Crippen LogP contribution in [0.25, 0.3) is 0 Å². The van der Waals surface area contributed by atoms with E-state index in [2.05, 4.69) is 34.3 Å². The zero-order chi connectivity index (χ0) is 16.2. The largest absolute Gasteiger partial charge is 0.343 e. The number of pyridine rings is 1. The van der Waals surface area contributed by atoms with Crippen LogP contribution in [0.3, 0.4) is 0 Å². The molecule has 0 aromatic carbocycles. The molecule has 0 fully saturated rings. The highest BCUT2D eigenvalue weighted by molar-refractivity contribution is 6.01. The number of nitrogens with one attached hydrogen (secondary N) is 3. The molecule has 118 valence electrons. The van der Waals surface area contributed by atoms with E-state index in [0.29, 0.717) is 23.4 Å². The molecule has 2 aliphatic rings. The van der Waals surface area contributed by atoms with Crippen LogP contribution in [-0.2, 0) is 4.79 Å². The molecule has 3 N–H and O–H groups in total. The zero-order valence-electron chi connectivity index (χ0n) is 13.1. The number of rotatable bonds is 1. The molecule has 0 saturated carbocycles. The maximum absolute atomic E-state index is 12.8. The predicted octanol–water partition coefficient (Wildman–Crippen LogP) is 2.30. The molecule has 4 rings (SSSR count). The van der Waals surface area contributed by atoms with E-state index < -0.39 is 0 Å². The van der Waals surface area contributed by atoms with E-state index in [-0.39, 0.29) is 22.7 Å². The standard InChI is InChI=1S/C17H18N4O2/c1-17(2)7-10-13(11(22)8-17)12(9-3-5-18-6-4-9)14-15(19-10)20-21-16(14)23/h3-6,12H,7-8H2,1-2H3,(H3,19,20,21,23)/t12-/m1/s1. The van der Waals surface area contributed by atoms with E-state index in [9.17, 15) is 9.59 Å². The molecular weight excluding hydrogens is 292 g/mol. The van der Waals surface area contributed by atoms with Crippen molar-refractivity contribution in [2.75, 3.05) is 5.32 Å². The number of hydrogen-bond acceptors (Lipinski definition) is 4. The van der Waals surface area contributed by atoms with E-state index in [0.717, 1.165) is 17.7 Å². The van der Waals surface area contributed by atoms with Crippen LogP contribution in [0.1, 0.15) is 43.7 Å². The smallest absolute Gasteiger partial charge is 0.270 e. The van der Waals surface area contributed by atoms with Crippen LogP contribution < -0.4 is 10.9 Å². The molecule has 0 amide bonds. The van der Waals surface area contributed by atoms with Crippen molar-refractivity contribution in [2.45, 2.75) is 32.6 Å². The Labute approximate surface area is 133 Å². The SMILES string of the molecule is CC1(C)CC(=O)C2=C(C1)Nc1[nH][nH]c(=O)c1[C@@H]2c1ccncc1. The number of aromatic nitrogens is 3. The number of aromatic amines is 2. The Balaban J connectivity index is 1.96. The number of anilines is 1. The van der Waals surface area contributed by atoms with Crippen molar-refractivity contribution in [1.29, 1.82) is 0 Å². The zero-order valence-corrected chi connectivity index (χ0v) is 13.1. The van der Waals surface area contributed by atoms with Crippen LogP contribution in [0.15, 0.2) is 40.6 Å². The van der Waals surface area contributed by atoms with Crippen LogP contribution in [0.5, 0.6) is 0 Å². The van der Waals surface area contributed by atoms with Gasteiger partial charge in [-0.1, -0.05) is 13.8 Å². The topological polar surface area (TPSA) is 90.6 Å². The van der Waals surface area contributed by atoms with Crippen molar-refractivity contribution in [3.8, 4) is 0 Å². The number of carbonyl (C=O) groups is 1. The molecule has 1 aliphatic heterocycles. The first-order valence-corrected chi connectivity index (χ1v) is 7.70. The van der Waals surface area contributed by atoms with E-state index in [1.165, 1.54) is 0 Å². The summed E-state index contributed by atoms with van der Waals surface area (Å²) < 4.78 is 0. The predicted molar refractivity (Wildman–Crippen MR) is 86.2 cm³/mol. The fourth-order valence-corrected chi connectivity index (χ4v) is 3.71. The molecule has 0 bridgehead atoms. The number of H-pyrrole nitrogens is 2. The van der Waals surface area contributed by atoms with Gasteiger partial charge in [0.1, 0.15) is 5.82 Å². The minimum Gasteiger partial charge on any atom is -0.343 e.